The first-order valence-corrected chi connectivity index (χ1v) is 56.3. The Labute approximate surface area is 467 Å². The Morgan fingerprint density at radius 1 is 0.408 bits per heavy atom. The van der Waals surface area contributed by atoms with Crippen LogP contribution in [0.25, 0.3) is 9.75 Å². The second-order valence-corrected chi connectivity index (χ2v) is 68.9. The van der Waals surface area contributed by atoms with Crippen LogP contribution in [0.15, 0.2) is 6.07 Å². The fourth-order valence-electron chi connectivity index (χ4n) is 13.3. The van der Waals surface area contributed by atoms with Crippen molar-refractivity contribution in [1.82, 2.24) is 0 Å². The topological polar surface area (TPSA) is 9.23 Å². The number of rotatable bonds is 44. The SMILES string of the molecule is CCC[CH2][Sn]([CH2]CCC)([CH2]CCC)[c]1cc2c(s1)-c1s[c]([Sn]([CH2]CCC)([CH2]CCC)[CH2]CCC)[c]([Sn]([CH2]CCC)([CH2]CCC)[CH2]CCC)c1OC2(CCC(C)CCCC(C)C)CCC(C)CCCC(C)C. The predicted octanol–water partition coefficient (Wildman–Crippen LogP) is 22.7. The summed E-state index contributed by atoms with van der Waals surface area (Å²) >= 11 is -3.98. The Morgan fingerprint density at radius 3 is 1.11 bits per heavy atom. The molecular formula is C65H124OS2Sn3. The van der Waals surface area contributed by atoms with Gasteiger partial charge in [0.15, 0.2) is 0 Å². The molecule has 6 heteroatoms. The van der Waals surface area contributed by atoms with Crippen molar-refractivity contribution in [2.75, 3.05) is 0 Å². The molecule has 0 radical (unpaired) electrons. The molecule has 414 valence electrons. The standard InChI is InChI=1S/C29H43OS2.9C4H9.3Sn/c1-21(2)9-7-11-23(5)13-17-29(18-14-24(6)12-8-10-22(3)4)25-15-19-31-27(25)28-26(30-29)16-20-32-28;9*1-3-4-2;;;/h15,21-24H,7-14,17-18H2,1-6H3;9*1,3-4H2,2H3;;;. The summed E-state index contributed by atoms with van der Waals surface area (Å²) in [6, 6.07) is 3.02. The number of ether oxygens (including phenoxy) is 1. The molecular weight excluding hydrogens is 1220 g/mol. The van der Waals surface area contributed by atoms with Crippen LogP contribution in [0.1, 0.15) is 289 Å². The van der Waals surface area contributed by atoms with Gasteiger partial charge in [-0.15, -0.1) is 0 Å². The van der Waals surface area contributed by atoms with Gasteiger partial charge in [-0.1, -0.05) is 0 Å². The molecule has 0 N–H and O–H groups in total. The predicted molar refractivity (Wildman–Crippen MR) is 338 cm³/mol. The summed E-state index contributed by atoms with van der Waals surface area (Å²) in [6.07, 6.45) is 38.5. The van der Waals surface area contributed by atoms with Gasteiger partial charge in [0, 0.05) is 0 Å². The van der Waals surface area contributed by atoms with Crippen molar-refractivity contribution in [3.63, 3.8) is 0 Å². The number of hydrogen-bond acceptors (Lipinski definition) is 3. The normalized spacial score (nSPS) is 16.2. The van der Waals surface area contributed by atoms with E-state index in [0.717, 1.165) is 23.7 Å². The van der Waals surface area contributed by atoms with Crippen LogP contribution < -0.4 is 14.1 Å². The maximum absolute atomic E-state index is 8.79. The van der Waals surface area contributed by atoms with Crippen LogP contribution in [0.4, 0.5) is 0 Å². The average Bonchev–Trinajstić information content (AvgIpc) is 3.99. The second kappa shape index (κ2) is 36.0. The van der Waals surface area contributed by atoms with E-state index in [-0.39, 0.29) is 5.60 Å². The number of unbranched alkanes of at least 4 members (excludes halogenated alkanes) is 9. The van der Waals surface area contributed by atoms with Crippen LogP contribution in [0.3, 0.4) is 0 Å². The summed E-state index contributed by atoms with van der Waals surface area (Å²) in [7, 11) is 0. The van der Waals surface area contributed by atoms with E-state index in [4.69, 9.17) is 4.74 Å². The Bertz CT molecular complexity index is 1580. The molecule has 1 nitrogen and oxygen atoms in total. The van der Waals surface area contributed by atoms with E-state index in [2.05, 4.69) is 139 Å². The van der Waals surface area contributed by atoms with E-state index in [1.165, 1.54) is 180 Å². The minimum absolute atomic E-state index is 0.201. The van der Waals surface area contributed by atoms with Gasteiger partial charge in [-0.3, -0.25) is 0 Å². The maximum atomic E-state index is 8.79. The monoisotopic (exact) mass is 1340 g/mol. The molecule has 2 aromatic rings. The molecule has 0 saturated carbocycles. The summed E-state index contributed by atoms with van der Waals surface area (Å²) in [6.45, 7) is 37.6. The molecule has 3 heterocycles. The summed E-state index contributed by atoms with van der Waals surface area (Å²) in [5.74, 6) is 4.69. The fraction of sp³-hybridized carbons (Fsp3) is 0.877. The van der Waals surface area contributed by atoms with Crippen LogP contribution in [-0.4, -0.2) is 55.1 Å². The minimum atomic E-state index is -3.12. The molecule has 0 fully saturated rings. The Kier molecular flexibility index (Phi) is 33.9. The molecule has 0 saturated heterocycles. The molecule has 0 aliphatic carbocycles. The molecule has 71 heavy (non-hydrogen) atoms. The van der Waals surface area contributed by atoms with Gasteiger partial charge in [-0.2, -0.15) is 0 Å². The van der Waals surface area contributed by atoms with E-state index in [0.29, 0.717) is 0 Å². The van der Waals surface area contributed by atoms with Gasteiger partial charge in [0.1, 0.15) is 0 Å². The van der Waals surface area contributed by atoms with Crippen molar-refractivity contribution in [1.29, 1.82) is 0 Å². The number of fused-ring (bicyclic) bond motifs is 3. The molecule has 0 spiro atoms. The van der Waals surface area contributed by atoms with E-state index < -0.39 is 55.1 Å². The first-order valence-electron chi connectivity index (χ1n) is 32.2. The van der Waals surface area contributed by atoms with E-state index in [1.54, 1.807) is 61.0 Å². The molecule has 2 unspecified atom stereocenters. The van der Waals surface area contributed by atoms with Gasteiger partial charge >= 0.3 is 472 Å². The van der Waals surface area contributed by atoms with Gasteiger partial charge < -0.3 is 0 Å². The van der Waals surface area contributed by atoms with Crippen molar-refractivity contribution >= 4 is 87.2 Å². The fourth-order valence-corrected chi connectivity index (χ4v) is 83.0. The summed E-state index contributed by atoms with van der Waals surface area (Å²) in [5, 5.41) is 0. The van der Waals surface area contributed by atoms with E-state index in [1.807, 2.05) is 2.89 Å². The Morgan fingerprint density at radius 2 is 0.761 bits per heavy atom. The number of hydrogen-bond donors (Lipinski definition) is 0. The third-order valence-corrected chi connectivity index (χ3v) is 75.4. The van der Waals surface area contributed by atoms with Gasteiger partial charge in [0.05, 0.1) is 0 Å². The van der Waals surface area contributed by atoms with Crippen LogP contribution in [-0.2, 0) is 5.60 Å². The Hall–Kier alpha value is 1.60. The molecule has 0 amide bonds. The summed E-state index contributed by atoms with van der Waals surface area (Å²) in [4.78, 5) is 3.53. The quantitative estimate of drug-likeness (QED) is 0.0601. The summed E-state index contributed by atoms with van der Waals surface area (Å²) < 4.78 is 29.2. The zero-order valence-corrected chi connectivity index (χ0v) is 61.0. The van der Waals surface area contributed by atoms with Gasteiger partial charge in [0.25, 0.3) is 0 Å². The molecule has 2 atom stereocenters. The van der Waals surface area contributed by atoms with Crippen LogP contribution in [0, 0.1) is 23.7 Å². The van der Waals surface area contributed by atoms with Crippen molar-refractivity contribution in [3.05, 3.63) is 11.6 Å². The van der Waals surface area contributed by atoms with Gasteiger partial charge in [0.2, 0.25) is 0 Å². The van der Waals surface area contributed by atoms with Crippen LogP contribution in [0.2, 0.25) is 39.9 Å². The van der Waals surface area contributed by atoms with Gasteiger partial charge in [-0.05, 0) is 0 Å². The molecule has 1 aliphatic heterocycles. The zero-order valence-electron chi connectivity index (χ0n) is 50.8. The molecule has 0 bridgehead atoms. The van der Waals surface area contributed by atoms with E-state index >= 15 is 0 Å². The van der Waals surface area contributed by atoms with Crippen molar-refractivity contribution in [2.24, 2.45) is 23.7 Å². The third-order valence-electron chi connectivity index (χ3n) is 18.2. The van der Waals surface area contributed by atoms with Crippen LogP contribution >= 0.6 is 22.7 Å². The average molecular weight is 1340 g/mol. The first-order chi connectivity index (χ1) is 34.2. The molecule has 1 aliphatic rings. The summed E-state index contributed by atoms with van der Waals surface area (Å²) in [5.41, 5.74) is 1.54. The van der Waals surface area contributed by atoms with E-state index in [9.17, 15) is 0 Å². The van der Waals surface area contributed by atoms with Crippen molar-refractivity contribution in [2.45, 2.75) is 329 Å². The molecule has 0 aromatic carbocycles. The zero-order chi connectivity index (χ0) is 52.3. The first kappa shape index (κ1) is 66.9. The van der Waals surface area contributed by atoms with Crippen molar-refractivity contribution < 1.29 is 4.74 Å². The Balaban J connectivity index is 2.70. The molecule has 2 aromatic heterocycles. The third kappa shape index (κ3) is 20.0. The second-order valence-electron chi connectivity index (χ2n) is 25.6. The van der Waals surface area contributed by atoms with Gasteiger partial charge in [-0.25, -0.2) is 0 Å². The number of thiophene rings is 2. The molecule has 3 rings (SSSR count). The van der Waals surface area contributed by atoms with Crippen LogP contribution in [0.5, 0.6) is 5.75 Å². The van der Waals surface area contributed by atoms with Crippen molar-refractivity contribution in [3.8, 4) is 15.5 Å².